The molecule has 0 bridgehead atoms. The number of hydrogen-bond donors (Lipinski definition) is 7. The summed E-state index contributed by atoms with van der Waals surface area (Å²) in [5.74, 6) is -0.0382. The zero-order valence-electron chi connectivity index (χ0n) is 18.3. The van der Waals surface area contributed by atoms with E-state index in [-0.39, 0.29) is 25.4 Å². The van der Waals surface area contributed by atoms with Crippen LogP contribution in [-0.4, -0.2) is 93.1 Å². The molecule has 0 saturated carbocycles. The first kappa shape index (κ1) is 27.8. The Morgan fingerprint density at radius 3 is 2.22 bits per heavy atom. The average molecular weight is 460 g/mol. The summed E-state index contributed by atoms with van der Waals surface area (Å²) < 4.78 is 15.8. The van der Waals surface area contributed by atoms with Crippen LogP contribution < -0.4 is 9.47 Å². The fraction of sp³-hybridized carbons (Fsp3) is 0.571. The highest BCUT2D eigenvalue weighted by atomic mass is 16.5. The summed E-state index contributed by atoms with van der Waals surface area (Å²) in [4.78, 5) is 12.1. The molecular formula is C21H32O11. The van der Waals surface area contributed by atoms with E-state index >= 15 is 0 Å². The third kappa shape index (κ3) is 7.14. The van der Waals surface area contributed by atoms with Gasteiger partial charge in [-0.05, 0) is 31.6 Å². The minimum atomic E-state index is -1.84. The van der Waals surface area contributed by atoms with Gasteiger partial charge in [-0.1, -0.05) is 0 Å². The third-order valence-electron chi connectivity index (χ3n) is 4.87. The van der Waals surface area contributed by atoms with Crippen LogP contribution in [0, 0.1) is 6.92 Å². The Morgan fingerprint density at radius 2 is 1.69 bits per heavy atom. The van der Waals surface area contributed by atoms with Crippen molar-refractivity contribution in [2.75, 3.05) is 26.9 Å². The van der Waals surface area contributed by atoms with E-state index in [2.05, 4.69) is 0 Å². The first-order valence-corrected chi connectivity index (χ1v) is 9.83. The molecule has 0 aliphatic rings. The number of aliphatic hydroxyl groups is 7. The molecule has 0 aromatic heterocycles. The molecule has 1 rings (SSSR count). The lowest BCUT2D eigenvalue weighted by Crippen LogP contribution is -2.47. The van der Waals surface area contributed by atoms with Crippen LogP contribution in [0.15, 0.2) is 17.7 Å². The minimum Gasteiger partial charge on any atom is -0.496 e. The predicted molar refractivity (Wildman–Crippen MR) is 111 cm³/mol. The van der Waals surface area contributed by atoms with Gasteiger partial charge in [0, 0.05) is 16.7 Å². The molecule has 0 fully saturated rings. The molecule has 4 unspecified atom stereocenters. The fourth-order valence-corrected chi connectivity index (χ4v) is 2.85. The zero-order valence-corrected chi connectivity index (χ0v) is 18.3. The Hall–Kier alpha value is -2.25. The van der Waals surface area contributed by atoms with Crippen molar-refractivity contribution in [1.29, 1.82) is 0 Å². The molecule has 0 heterocycles. The average Bonchev–Trinajstić information content (AvgIpc) is 2.80. The molecule has 0 saturated heterocycles. The summed E-state index contributed by atoms with van der Waals surface area (Å²) in [5.41, 5.74) is 1.63. The Balaban J connectivity index is 2.72. The maximum absolute atomic E-state index is 12.1. The number of carbonyl (C=O) groups is 1. The topological polar surface area (TPSA) is 186 Å². The van der Waals surface area contributed by atoms with Crippen LogP contribution in [0.4, 0.5) is 0 Å². The number of esters is 1. The maximum Gasteiger partial charge on any atom is 0.333 e. The smallest absolute Gasteiger partial charge is 0.333 e. The van der Waals surface area contributed by atoms with Crippen LogP contribution >= 0.6 is 0 Å². The van der Waals surface area contributed by atoms with Gasteiger partial charge in [0.15, 0.2) is 0 Å². The van der Waals surface area contributed by atoms with Crippen molar-refractivity contribution in [3.63, 3.8) is 0 Å². The van der Waals surface area contributed by atoms with E-state index in [0.29, 0.717) is 28.2 Å². The largest absolute Gasteiger partial charge is 0.496 e. The first-order valence-electron chi connectivity index (χ1n) is 9.83. The molecule has 0 aliphatic carbocycles. The quantitative estimate of drug-likeness (QED) is 0.131. The monoisotopic (exact) mass is 460 g/mol. The van der Waals surface area contributed by atoms with E-state index < -0.39 is 43.6 Å². The number of ether oxygens (including phenoxy) is 3. The summed E-state index contributed by atoms with van der Waals surface area (Å²) >= 11 is 0. The molecule has 0 amide bonds. The van der Waals surface area contributed by atoms with Crippen molar-refractivity contribution in [3.05, 3.63) is 34.4 Å². The summed E-state index contributed by atoms with van der Waals surface area (Å²) in [6.45, 7) is 1.000. The molecule has 0 radical (unpaired) electrons. The van der Waals surface area contributed by atoms with Gasteiger partial charge in [0.05, 0.1) is 26.9 Å². The van der Waals surface area contributed by atoms with Crippen LogP contribution in [0.2, 0.25) is 0 Å². The fourth-order valence-electron chi connectivity index (χ4n) is 2.85. The van der Waals surface area contributed by atoms with E-state index in [0.717, 1.165) is 0 Å². The molecule has 4 atom stereocenters. The van der Waals surface area contributed by atoms with Gasteiger partial charge in [0.2, 0.25) is 0 Å². The zero-order chi connectivity index (χ0) is 24.4. The van der Waals surface area contributed by atoms with Crippen molar-refractivity contribution in [3.8, 4) is 11.5 Å². The van der Waals surface area contributed by atoms with Gasteiger partial charge in [-0.2, -0.15) is 0 Å². The van der Waals surface area contributed by atoms with Crippen molar-refractivity contribution >= 4 is 5.97 Å². The molecule has 1 aromatic carbocycles. The molecular weight excluding hydrogens is 428 g/mol. The van der Waals surface area contributed by atoms with Crippen LogP contribution in [0.1, 0.15) is 23.6 Å². The van der Waals surface area contributed by atoms with Gasteiger partial charge < -0.3 is 50.0 Å². The number of carbonyl (C=O) groups excluding carboxylic acids is 1. The van der Waals surface area contributed by atoms with Crippen molar-refractivity contribution < 1.29 is 54.8 Å². The number of benzene rings is 1. The van der Waals surface area contributed by atoms with Gasteiger partial charge in [-0.25, -0.2) is 4.79 Å². The lowest BCUT2D eigenvalue weighted by Gasteiger charge is -2.25. The highest BCUT2D eigenvalue weighted by molar-refractivity contribution is 5.87. The number of rotatable bonds is 13. The molecule has 32 heavy (non-hydrogen) atoms. The lowest BCUT2D eigenvalue weighted by atomic mass is 10.0. The molecule has 0 spiro atoms. The van der Waals surface area contributed by atoms with Gasteiger partial charge in [-0.15, -0.1) is 0 Å². The summed E-state index contributed by atoms with van der Waals surface area (Å²) in [6.07, 6.45) is -5.58. The van der Waals surface area contributed by atoms with Crippen molar-refractivity contribution in [2.45, 2.75) is 51.5 Å². The molecule has 7 N–H and O–H groups in total. The Kier molecular flexibility index (Phi) is 11.6. The summed E-state index contributed by atoms with van der Waals surface area (Å²) in [6, 6.07) is 1.56. The molecule has 0 aliphatic heterocycles. The van der Waals surface area contributed by atoms with Crippen molar-refractivity contribution in [1.82, 2.24) is 0 Å². The second-order valence-electron chi connectivity index (χ2n) is 7.08. The summed E-state index contributed by atoms with van der Waals surface area (Å²) in [7, 11) is 1.43. The van der Waals surface area contributed by atoms with E-state index in [1.165, 1.54) is 20.1 Å². The highest BCUT2D eigenvalue weighted by Gasteiger charge is 2.30. The van der Waals surface area contributed by atoms with Gasteiger partial charge in [-0.3, -0.25) is 0 Å². The molecule has 11 nitrogen and oxygen atoms in total. The normalized spacial score (nSPS) is 15.6. The maximum atomic E-state index is 12.1. The third-order valence-corrected chi connectivity index (χ3v) is 4.87. The van der Waals surface area contributed by atoms with E-state index in [4.69, 9.17) is 19.3 Å². The Bertz CT molecular complexity index is 777. The SMILES string of the molecule is COc1c(C)c(OC/C=C(\C)C(=O)OCC(O)C(O)C(O)C(O)CO)cc(CO)c1CO. The standard InChI is InChI=1S/C21H32O11/c1-11(21(29)32-10-16(26)19(28)18(27)15(25)9-24)4-5-31-17-6-13(7-22)14(8-23)20(30-3)12(17)2/h4,6,15-16,18-19,22-28H,5,7-10H2,1-3H3/b11-4+. The number of methoxy groups -OCH3 is 1. The van der Waals surface area contributed by atoms with Gasteiger partial charge in [0.25, 0.3) is 0 Å². The summed E-state index contributed by atoms with van der Waals surface area (Å²) in [5, 5.41) is 66.1. The van der Waals surface area contributed by atoms with Crippen LogP contribution in [0.5, 0.6) is 11.5 Å². The first-order chi connectivity index (χ1) is 15.1. The van der Waals surface area contributed by atoms with Crippen LogP contribution in [0.3, 0.4) is 0 Å². The minimum absolute atomic E-state index is 0.0408. The van der Waals surface area contributed by atoms with Crippen LogP contribution in [-0.2, 0) is 22.7 Å². The Labute approximate surface area is 185 Å². The molecule has 182 valence electrons. The van der Waals surface area contributed by atoms with Crippen LogP contribution in [0.25, 0.3) is 0 Å². The van der Waals surface area contributed by atoms with Gasteiger partial charge >= 0.3 is 5.97 Å². The molecule has 11 heteroatoms. The van der Waals surface area contributed by atoms with E-state index in [1.54, 1.807) is 13.0 Å². The predicted octanol–water partition coefficient (Wildman–Crippen LogP) is -1.71. The van der Waals surface area contributed by atoms with Crippen molar-refractivity contribution in [2.24, 2.45) is 0 Å². The highest BCUT2D eigenvalue weighted by Crippen LogP contribution is 2.34. The van der Waals surface area contributed by atoms with E-state index in [1.807, 2.05) is 0 Å². The lowest BCUT2D eigenvalue weighted by molar-refractivity contribution is -0.152. The van der Waals surface area contributed by atoms with Gasteiger partial charge in [0.1, 0.15) is 49.1 Å². The van der Waals surface area contributed by atoms with E-state index in [9.17, 15) is 35.4 Å². The second kappa shape index (κ2) is 13.3. The molecule has 1 aromatic rings. The number of hydrogen-bond acceptors (Lipinski definition) is 11. The number of aliphatic hydroxyl groups excluding tert-OH is 7. The Morgan fingerprint density at radius 1 is 1.06 bits per heavy atom. The second-order valence-corrected chi connectivity index (χ2v) is 7.08.